The second kappa shape index (κ2) is 7.71. The number of carbonyl (C=O) groups excluding carboxylic acids is 1. The normalized spacial score (nSPS) is 10.4. The van der Waals surface area contributed by atoms with Gasteiger partial charge in [0.1, 0.15) is 11.6 Å². The van der Waals surface area contributed by atoms with E-state index in [0.717, 1.165) is 12.1 Å². The molecule has 1 amide bonds. The molecule has 6 heteroatoms. The van der Waals surface area contributed by atoms with Crippen LogP contribution in [0.25, 0.3) is 0 Å². The van der Waals surface area contributed by atoms with Gasteiger partial charge in [0.25, 0.3) is 5.91 Å². The van der Waals surface area contributed by atoms with Crippen LogP contribution in [0.15, 0.2) is 42.5 Å². The lowest BCUT2D eigenvalue weighted by molar-refractivity contribution is -0.120. The summed E-state index contributed by atoms with van der Waals surface area (Å²) in [7, 11) is 1.62. The molecule has 2 N–H and O–H groups in total. The SMILES string of the molecule is CN(C(=O)COc1c(CO)cc(F)cc1CO)c1ccccc1. The van der Waals surface area contributed by atoms with Gasteiger partial charge < -0.3 is 19.8 Å². The number of anilines is 1. The first-order valence-corrected chi connectivity index (χ1v) is 7.04. The van der Waals surface area contributed by atoms with Gasteiger partial charge in [0, 0.05) is 23.9 Å². The molecule has 0 aliphatic heterocycles. The third kappa shape index (κ3) is 4.06. The Hall–Kier alpha value is -2.44. The number of likely N-dealkylation sites (N-methyl/N-ethyl adjacent to an activating group) is 1. The predicted molar refractivity (Wildman–Crippen MR) is 83.6 cm³/mol. The van der Waals surface area contributed by atoms with Gasteiger partial charge in [-0.15, -0.1) is 0 Å². The number of hydrogen-bond acceptors (Lipinski definition) is 4. The minimum Gasteiger partial charge on any atom is -0.483 e. The fourth-order valence-corrected chi connectivity index (χ4v) is 2.16. The van der Waals surface area contributed by atoms with E-state index >= 15 is 0 Å². The van der Waals surface area contributed by atoms with Crippen molar-refractivity contribution in [3.63, 3.8) is 0 Å². The summed E-state index contributed by atoms with van der Waals surface area (Å²) in [6.07, 6.45) is 0. The van der Waals surface area contributed by atoms with Crippen LogP contribution in [0, 0.1) is 5.82 Å². The second-order valence-electron chi connectivity index (χ2n) is 4.95. The van der Waals surface area contributed by atoms with Crippen molar-refractivity contribution in [3.8, 4) is 5.75 Å². The van der Waals surface area contributed by atoms with Crippen molar-refractivity contribution < 1.29 is 24.1 Å². The zero-order valence-corrected chi connectivity index (χ0v) is 12.7. The van der Waals surface area contributed by atoms with Crippen LogP contribution in [0.4, 0.5) is 10.1 Å². The highest BCUT2D eigenvalue weighted by molar-refractivity contribution is 5.93. The number of aliphatic hydroxyl groups is 2. The highest BCUT2D eigenvalue weighted by atomic mass is 19.1. The van der Waals surface area contributed by atoms with Gasteiger partial charge >= 0.3 is 0 Å². The molecule has 0 heterocycles. The number of hydrogen-bond donors (Lipinski definition) is 2. The topological polar surface area (TPSA) is 70.0 Å². The lowest BCUT2D eigenvalue weighted by atomic mass is 10.1. The maximum atomic E-state index is 13.4. The summed E-state index contributed by atoms with van der Waals surface area (Å²) in [5.41, 5.74) is 1.08. The van der Waals surface area contributed by atoms with E-state index in [9.17, 15) is 19.4 Å². The Bertz CT molecular complexity index is 651. The number of aliphatic hydroxyl groups excluding tert-OH is 2. The van der Waals surface area contributed by atoms with Crippen molar-refractivity contribution in [2.75, 3.05) is 18.6 Å². The van der Waals surface area contributed by atoms with Crippen molar-refractivity contribution in [3.05, 3.63) is 59.4 Å². The van der Waals surface area contributed by atoms with Crippen LogP contribution < -0.4 is 9.64 Å². The van der Waals surface area contributed by atoms with Crippen LogP contribution >= 0.6 is 0 Å². The van der Waals surface area contributed by atoms with E-state index in [-0.39, 0.29) is 29.4 Å². The maximum absolute atomic E-state index is 13.4. The molecule has 0 saturated carbocycles. The Balaban J connectivity index is 2.13. The van der Waals surface area contributed by atoms with Crippen LogP contribution in [0.1, 0.15) is 11.1 Å². The summed E-state index contributed by atoms with van der Waals surface area (Å²) in [6, 6.07) is 11.3. The minimum atomic E-state index is -0.585. The van der Waals surface area contributed by atoms with Crippen molar-refractivity contribution in [2.24, 2.45) is 0 Å². The summed E-state index contributed by atoms with van der Waals surface area (Å²) >= 11 is 0. The van der Waals surface area contributed by atoms with E-state index < -0.39 is 19.0 Å². The molecule has 0 bridgehead atoms. The molecule has 2 rings (SSSR count). The third-order valence-electron chi connectivity index (χ3n) is 3.41. The summed E-state index contributed by atoms with van der Waals surface area (Å²) in [5, 5.41) is 18.6. The number of benzene rings is 2. The zero-order valence-electron chi connectivity index (χ0n) is 12.7. The molecule has 5 nitrogen and oxygen atoms in total. The quantitative estimate of drug-likeness (QED) is 0.852. The number of amides is 1. The average molecular weight is 319 g/mol. The first-order valence-electron chi connectivity index (χ1n) is 7.04. The average Bonchev–Trinajstić information content (AvgIpc) is 2.59. The summed E-state index contributed by atoms with van der Waals surface area (Å²) in [5.74, 6) is -0.766. The first kappa shape index (κ1) is 16.9. The van der Waals surface area contributed by atoms with Gasteiger partial charge in [-0.25, -0.2) is 4.39 Å². The standard InChI is InChI=1S/C17H18FNO4/c1-19(15-5-3-2-4-6-15)16(22)11-23-17-12(9-20)7-14(18)8-13(17)10-21/h2-8,20-21H,9-11H2,1H3. The van der Waals surface area contributed by atoms with Crippen LogP contribution in [0.2, 0.25) is 0 Å². The second-order valence-corrected chi connectivity index (χ2v) is 4.95. The van der Waals surface area contributed by atoms with Crippen LogP contribution in [-0.4, -0.2) is 29.8 Å². The molecule has 0 atom stereocenters. The van der Waals surface area contributed by atoms with E-state index in [0.29, 0.717) is 5.69 Å². The largest absolute Gasteiger partial charge is 0.483 e. The summed E-state index contributed by atoms with van der Waals surface area (Å²) < 4.78 is 18.8. The molecule has 2 aromatic carbocycles. The Labute approximate surface area is 133 Å². The molecule has 0 aliphatic rings. The number of carbonyl (C=O) groups is 1. The lowest BCUT2D eigenvalue weighted by Crippen LogP contribution is -2.31. The fourth-order valence-electron chi connectivity index (χ4n) is 2.16. The maximum Gasteiger partial charge on any atom is 0.264 e. The van der Waals surface area contributed by atoms with E-state index in [4.69, 9.17) is 4.74 Å². The molecule has 0 spiro atoms. The predicted octanol–water partition coefficient (Wildman–Crippen LogP) is 1.85. The number of para-hydroxylation sites is 1. The van der Waals surface area contributed by atoms with Gasteiger partial charge in [-0.05, 0) is 24.3 Å². The zero-order chi connectivity index (χ0) is 16.8. The van der Waals surface area contributed by atoms with Gasteiger partial charge in [-0.3, -0.25) is 4.79 Å². The summed E-state index contributed by atoms with van der Waals surface area (Å²) in [6.45, 7) is -1.21. The molecule has 2 aromatic rings. The van der Waals surface area contributed by atoms with Crippen LogP contribution in [-0.2, 0) is 18.0 Å². The third-order valence-corrected chi connectivity index (χ3v) is 3.41. The van der Waals surface area contributed by atoms with Crippen molar-refractivity contribution in [2.45, 2.75) is 13.2 Å². The van der Waals surface area contributed by atoms with E-state index in [2.05, 4.69) is 0 Å². The minimum absolute atomic E-state index is 0.131. The molecule has 0 aliphatic carbocycles. The van der Waals surface area contributed by atoms with Gasteiger partial charge in [0.05, 0.1) is 13.2 Å². The lowest BCUT2D eigenvalue weighted by Gasteiger charge is -2.19. The van der Waals surface area contributed by atoms with E-state index in [1.165, 1.54) is 4.90 Å². The van der Waals surface area contributed by atoms with Crippen molar-refractivity contribution >= 4 is 11.6 Å². The Morgan fingerprint density at radius 2 is 1.70 bits per heavy atom. The molecule has 0 radical (unpaired) electrons. The number of ether oxygens (including phenoxy) is 1. The van der Waals surface area contributed by atoms with E-state index in [1.54, 1.807) is 19.2 Å². The number of nitrogens with zero attached hydrogens (tertiary/aromatic N) is 1. The highest BCUT2D eigenvalue weighted by Gasteiger charge is 2.16. The van der Waals surface area contributed by atoms with Gasteiger partial charge in [0.2, 0.25) is 0 Å². The Kier molecular flexibility index (Phi) is 5.67. The molecule has 23 heavy (non-hydrogen) atoms. The molecule has 0 fully saturated rings. The Morgan fingerprint density at radius 1 is 1.13 bits per heavy atom. The van der Waals surface area contributed by atoms with Gasteiger partial charge in [0.15, 0.2) is 6.61 Å². The smallest absolute Gasteiger partial charge is 0.264 e. The molecular weight excluding hydrogens is 301 g/mol. The molecule has 0 aromatic heterocycles. The molecule has 0 unspecified atom stereocenters. The van der Waals surface area contributed by atoms with Crippen LogP contribution in [0.3, 0.4) is 0 Å². The van der Waals surface area contributed by atoms with Crippen molar-refractivity contribution in [1.82, 2.24) is 0 Å². The van der Waals surface area contributed by atoms with Crippen molar-refractivity contribution in [1.29, 1.82) is 0 Å². The summed E-state index contributed by atoms with van der Waals surface area (Å²) in [4.78, 5) is 13.6. The highest BCUT2D eigenvalue weighted by Crippen LogP contribution is 2.26. The molecular formula is C17H18FNO4. The first-order chi connectivity index (χ1) is 11.1. The number of rotatable bonds is 6. The molecule has 0 saturated heterocycles. The Morgan fingerprint density at radius 3 is 2.22 bits per heavy atom. The monoisotopic (exact) mass is 319 g/mol. The fraction of sp³-hybridized carbons (Fsp3) is 0.235. The molecule has 122 valence electrons. The van der Waals surface area contributed by atoms with Gasteiger partial charge in [-0.1, -0.05) is 18.2 Å². The van der Waals surface area contributed by atoms with E-state index in [1.807, 2.05) is 18.2 Å². The number of halogens is 1. The van der Waals surface area contributed by atoms with Gasteiger partial charge in [-0.2, -0.15) is 0 Å². The van der Waals surface area contributed by atoms with Crippen LogP contribution in [0.5, 0.6) is 5.75 Å².